The van der Waals surface area contributed by atoms with Gasteiger partial charge in [0.1, 0.15) is 0 Å². The van der Waals surface area contributed by atoms with Crippen molar-refractivity contribution in [2.75, 3.05) is 5.32 Å². The Bertz CT molecular complexity index is 1050. The summed E-state index contributed by atoms with van der Waals surface area (Å²) < 4.78 is 1.04. The van der Waals surface area contributed by atoms with Gasteiger partial charge in [-0.15, -0.1) is 11.3 Å². The maximum Gasteiger partial charge on any atom is 0.255 e. The van der Waals surface area contributed by atoms with Crippen LogP contribution >= 0.6 is 11.3 Å². The van der Waals surface area contributed by atoms with E-state index < -0.39 is 0 Å². The number of fused-ring (bicyclic) bond motifs is 3. The van der Waals surface area contributed by atoms with Gasteiger partial charge in [-0.3, -0.25) is 9.59 Å². The van der Waals surface area contributed by atoms with Crippen LogP contribution in [0.5, 0.6) is 0 Å². The lowest BCUT2D eigenvalue weighted by Gasteiger charge is -2.21. The summed E-state index contributed by atoms with van der Waals surface area (Å²) in [5.74, 6) is -0.198. The highest BCUT2D eigenvalue weighted by molar-refractivity contribution is 7.17. The van der Waals surface area contributed by atoms with E-state index in [2.05, 4.69) is 16.0 Å². The lowest BCUT2D eigenvalue weighted by Crippen LogP contribution is -2.42. The van der Waals surface area contributed by atoms with Gasteiger partial charge in [0.15, 0.2) is 0 Å². The molecule has 0 spiro atoms. The second-order valence-electron chi connectivity index (χ2n) is 7.54. The first kappa shape index (κ1) is 17.4. The number of carbonyl (C=O) groups excluding carboxylic acids is 2. The van der Waals surface area contributed by atoms with Crippen LogP contribution in [0.15, 0.2) is 53.9 Å². The third kappa shape index (κ3) is 3.19. The van der Waals surface area contributed by atoms with Gasteiger partial charge >= 0.3 is 0 Å². The quantitative estimate of drug-likeness (QED) is 0.634. The molecule has 3 N–H and O–H groups in total. The van der Waals surface area contributed by atoms with Crippen molar-refractivity contribution in [1.29, 1.82) is 0 Å². The van der Waals surface area contributed by atoms with Gasteiger partial charge in [0.25, 0.3) is 11.8 Å². The van der Waals surface area contributed by atoms with Crippen molar-refractivity contribution >= 4 is 38.9 Å². The van der Waals surface area contributed by atoms with Crippen LogP contribution in [0.4, 0.5) is 5.69 Å². The largest absolute Gasteiger partial charge is 0.348 e. The van der Waals surface area contributed by atoms with Gasteiger partial charge in [-0.25, -0.2) is 0 Å². The molecule has 3 atom stereocenters. The highest BCUT2D eigenvalue weighted by Gasteiger charge is 2.39. The van der Waals surface area contributed by atoms with Crippen LogP contribution in [0, 0.1) is 0 Å². The molecule has 0 aliphatic carbocycles. The summed E-state index contributed by atoms with van der Waals surface area (Å²) in [6.07, 6.45) is 3.35. The summed E-state index contributed by atoms with van der Waals surface area (Å²) >= 11 is 1.56. The van der Waals surface area contributed by atoms with Gasteiger partial charge in [-0.1, -0.05) is 18.2 Å². The van der Waals surface area contributed by atoms with Crippen molar-refractivity contribution in [2.24, 2.45) is 0 Å². The number of nitrogens with one attached hydrogen (secondary N) is 3. The number of anilines is 1. The molecule has 0 radical (unpaired) electrons. The van der Waals surface area contributed by atoms with Crippen molar-refractivity contribution in [3.8, 4) is 0 Å². The highest BCUT2D eigenvalue weighted by atomic mass is 32.1. The fourth-order valence-electron chi connectivity index (χ4n) is 4.29. The number of hydrogen-bond acceptors (Lipinski definition) is 4. The first-order valence-corrected chi connectivity index (χ1v) is 10.5. The first-order chi connectivity index (χ1) is 13.7. The first-order valence-electron chi connectivity index (χ1n) is 9.62. The van der Waals surface area contributed by atoms with Crippen molar-refractivity contribution in [2.45, 2.75) is 37.4 Å². The third-order valence-electron chi connectivity index (χ3n) is 5.74. The average molecular weight is 391 g/mol. The molecule has 0 unspecified atom stereocenters. The second-order valence-corrected chi connectivity index (χ2v) is 8.45. The number of benzene rings is 2. The molecule has 0 saturated carbocycles. The molecule has 1 aromatic heterocycles. The molecule has 5 rings (SSSR count). The molecule has 5 nitrogen and oxygen atoms in total. The average Bonchev–Trinajstić information content (AvgIpc) is 3.44. The molecule has 28 heavy (non-hydrogen) atoms. The van der Waals surface area contributed by atoms with E-state index in [1.807, 2.05) is 41.8 Å². The van der Waals surface area contributed by atoms with Crippen LogP contribution in [0.25, 0.3) is 10.1 Å². The third-order valence-corrected chi connectivity index (χ3v) is 6.70. The predicted molar refractivity (Wildman–Crippen MR) is 112 cm³/mol. The summed E-state index contributed by atoms with van der Waals surface area (Å²) in [6, 6.07) is 16.0. The van der Waals surface area contributed by atoms with Gasteiger partial charge in [-0.2, -0.15) is 0 Å². The predicted octanol–water partition coefficient (Wildman–Crippen LogP) is 3.78. The van der Waals surface area contributed by atoms with Crippen molar-refractivity contribution in [3.63, 3.8) is 0 Å². The zero-order valence-electron chi connectivity index (χ0n) is 15.3. The van der Waals surface area contributed by atoms with Crippen LogP contribution in [0.3, 0.4) is 0 Å². The summed E-state index contributed by atoms with van der Waals surface area (Å²) in [5.41, 5.74) is 1.98. The maximum atomic E-state index is 12.8. The number of amides is 2. The van der Waals surface area contributed by atoms with E-state index in [0.29, 0.717) is 23.2 Å². The Morgan fingerprint density at radius 3 is 2.61 bits per heavy atom. The van der Waals surface area contributed by atoms with Crippen LogP contribution in [-0.2, 0) is 0 Å². The summed E-state index contributed by atoms with van der Waals surface area (Å²) in [7, 11) is 0. The minimum absolute atomic E-state index is 0.0483. The summed E-state index contributed by atoms with van der Waals surface area (Å²) in [5, 5.41) is 12.5. The van der Waals surface area contributed by atoms with Gasteiger partial charge in [-0.05, 0) is 49.6 Å². The van der Waals surface area contributed by atoms with Crippen LogP contribution in [-0.4, -0.2) is 29.9 Å². The van der Waals surface area contributed by atoms with Crippen LogP contribution < -0.4 is 16.0 Å². The molecule has 2 amide bonds. The molecule has 2 aromatic carbocycles. The van der Waals surface area contributed by atoms with E-state index in [-0.39, 0.29) is 17.9 Å². The van der Waals surface area contributed by atoms with E-state index >= 15 is 0 Å². The van der Waals surface area contributed by atoms with Crippen LogP contribution in [0.2, 0.25) is 0 Å². The van der Waals surface area contributed by atoms with Crippen molar-refractivity contribution in [3.05, 3.63) is 65.0 Å². The minimum Gasteiger partial charge on any atom is -0.348 e. The highest BCUT2D eigenvalue weighted by Crippen LogP contribution is 2.32. The molecule has 2 saturated heterocycles. The monoisotopic (exact) mass is 391 g/mol. The number of carbonyl (C=O) groups is 2. The van der Waals surface area contributed by atoms with Crippen molar-refractivity contribution in [1.82, 2.24) is 10.6 Å². The lowest BCUT2D eigenvalue weighted by atomic mass is 9.95. The normalized spacial score (nSPS) is 23.1. The lowest BCUT2D eigenvalue weighted by molar-refractivity contribution is 0.0930. The van der Waals surface area contributed by atoms with E-state index in [9.17, 15) is 9.59 Å². The minimum atomic E-state index is -0.150. The molecule has 142 valence electrons. The molecule has 3 heterocycles. The maximum absolute atomic E-state index is 12.8. The van der Waals surface area contributed by atoms with Gasteiger partial charge in [0, 0.05) is 44.7 Å². The van der Waals surface area contributed by atoms with Gasteiger partial charge in [0.05, 0.1) is 5.69 Å². The van der Waals surface area contributed by atoms with E-state index in [1.54, 1.807) is 23.5 Å². The second kappa shape index (κ2) is 7.04. The molecular formula is C22H21N3O2S. The molecule has 2 fully saturated rings. The topological polar surface area (TPSA) is 70.2 Å². The molecule has 2 aliphatic heterocycles. The van der Waals surface area contributed by atoms with E-state index in [4.69, 9.17) is 0 Å². The van der Waals surface area contributed by atoms with Gasteiger partial charge < -0.3 is 16.0 Å². The molecule has 3 aromatic rings. The summed E-state index contributed by atoms with van der Waals surface area (Å²) in [6.45, 7) is 0. The Hall–Kier alpha value is -2.70. The number of thiophene rings is 1. The molecule has 6 heteroatoms. The summed E-state index contributed by atoms with van der Waals surface area (Å²) in [4.78, 5) is 25.3. The standard InChI is InChI=1S/C22H21N3O2S/c26-21(13-4-2-1-3-5-13)25-19-12-28-20-9-6-14(10-16(19)20)22(27)24-18-11-15-7-8-17(18)23-15/h1-6,9-10,12,15,17-18,23H,7-8,11H2,(H,24,27)(H,25,26)/t15-,17+,18-/m1/s1. The Morgan fingerprint density at radius 2 is 1.86 bits per heavy atom. The molecule has 2 aliphatic rings. The fraction of sp³-hybridized carbons (Fsp3) is 0.273. The van der Waals surface area contributed by atoms with Gasteiger partial charge in [0.2, 0.25) is 0 Å². The van der Waals surface area contributed by atoms with E-state index in [1.165, 1.54) is 6.42 Å². The Morgan fingerprint density at radius 1 is 1.00 bits per heavy atom. The van der Waals surface area contributed by atoms with E-state index in [0.717, 1.165) is 28.6 Å². The Labute approximate surface area is 167 Å². The SMILES string of the molecule is O=C(Nc1csc2ccc(C(=O)N[C@@H]3C[C@H]4CC[C@@H]3N4)cc12)c1ccccc1. The Kier molecular flexibility index (Phi) is 4.37. The zero-order valence-corrected chi connectivity index (χ0v) is 16.1. The fourth-order valence-corrected chi connectivity index (χ4v) is 5.16. The smallest absolute Gasteiger partial charge is 0.255 e. The van der Waals surface area contributed by atoms with Crippen LogP contribution in [0.1, 0.15) is 40.0 Å². The number of rotatable bonds is 4. The molecule has 2 bridgehead atoms. The number of hydrogen-bond donors (Lipinski definition) is 3. The zero-order chi connectivity index (χ0) is 19.1. The van der Waals surface area contributed by atoms with Crippen molar-refractivity contribution < 1.29 is 9.59 Å². The molecular weight excluding hydrogens is 370 g/mol. The Balaban J connectivity index is 1.36.